The second-order valence-electron chi connectivity index (χ2n) is 4.53. The number of rotatable bonds is 5. The fourth-order valence-corrected chi connectivity index (χ4v) is 1.98. The third kappa shape index (κ3) is 3.10. The van der Waals surface area contributed by atoms with E-state index in [2.05, 4.69) is 0 Å². The number of anilines is 1. The maximum Gasteiger partial charge on any atom is 0.256 e. The minimum absolute atomic E-state index is 0.235. The van der Waals surface area contributed by atoms with Crippen LogP contribution in [0.1, 0.15) is 16.1 Å². The molecule has 0 saturated heterocycles. The van der Waals surface area contributed by atoms with Gasteiger partial charge < -0.3 is 24.5 Å². The Labute approximate surface area is 123 Å². The summed E-state index contributed by atoms with van der Waals surface area (Å²) in [6.45, 7) is 0.352. The summed E-state index contributed by atoms with van der Waals surface area (Å²) in [7, 11) is 4.69. The standard InChI is InChI=1S/C15H18N2O4/c1-17(9-10-5-4-6-21-10)15(18)12-7-11(19-2)8-13(20-3)14(12)16/h4-8H,9,16H2,1-3H3. The molecule has 1 amide bonds. The highest BCUT2D eigenvalue weighted by atomic mass is 16.5. The summed E-state index contributed by atoms with van der Waals surface area (Å²) in [6.07, 6.45) is 1.57. The van der Waals surface area contributed by atoms with Gasteiger partial charge in [0.1, 0.15) is 17.3 Å². The van der Waals surface area contributed by atoms with E-state index in [1.807, 2.05) is 0 Å². The Morgan fingerprint density at radius 1 is 1.33 bits per heavy atom. The van der Waals surface area contributed by atoms with Crippen LogP contribution in [0.4, 0.5) is 5.69 Å². The predicted molar refractivity (Wildman–Crippen MR) is 78.5 cm³/mol. The van der Waals surface area contributed by atoms with Gasteiger partial charge in [0.25, 0.3) is 5.91 Å². The number of amides is 1. The molecule has 0 fully saturated rings. The predicted octanol–water partition coefficient (Wildman–Crippen LogP) is 2.15. The molecule has 0 unspecified atom stereocenters. The Hall–Kier alpha value is -2.63. The van der Waals surface area contributed by atoms with Crippen LogP contribution in [0.25, 0.3) is 0 Å². The SMILES string of the molecule is COc1cc(OC)c(N)c(C(=O)N(C)Cc2ccco2)c1. The maximum absolute atomic E-state index is 12.5. The van der Waals surface area contributed by atoms with Crippen molar-refractivity contribution in [2.75, 3.05) is 27.0 Å². The minimum Gasteiger partial charge on any atom is -0.497 e. The number of carbonyl (C=O) groups is 1. The molecule has 2 aromatic rings. The molecule has 1 aromatic carbocycles. The summed E-state index contributed by atoms with van der Waals surface area (Å²) in [5.74, 6) is 1.38. The topological polar surface area (TPSA) is 77.9 Å². The Morgan fingerprint density at radius 3 is 2.67 bits per heavy atom. The molecule has 1 heterocycles. The van der Waals surface area contributed by atoms with E-state index in [1.54, 1.807) is 37.6 Å². The van der Waals surface area contributed by atoms with Gasteiger partial charge in [0.15, 0.2) is 0 Å². The van der Waals surface area contributed by atoms with Gasteiger partial charge in [-0.3, -0.25) is 4.79 Å². The van der Waals surface area contributed by atoms with Crippen molar-refractivity contribution in [2.24, 2.45) is 0 Å². The van der Waals surface area contributed by atoms with E-state index < -0.39 is 0 Å². The van der Waals surface area contributed by atoms with E-state index in [0.29, 0.717) is 29.4 Å². The van der Waals surface area contributed by atoms with E-state index >= 15 is 0 Å². The molecule has 2 rings (SSSR count). The molecule has 21 heavy (non-hydrogen) atoms. The van der Waals surface area contributed by atoms with E-state index in [0.717, 1.165) is 0 Å². The zero-order chi connectivity index (χ0) is 15.4. The highest BCUT2D eigenvalue weighted by molar-refractivity contribution is 6.00. The third-order valence-corrected chi connectivity index (χ3v) is 3.12. The smallest absolute Gasteiger partial charge is 0.256 e. The van der Waals surface area contributed by atoms with E-state index in [-0.39, 0.29) is 11.6 Å². The van der Waals surface area contributed by atoms with Gasteiger partial charge in [-0.2, -0.15) is 0 Å². The lowest BCUT2D eigenvalue weighted by Gasteiger charge is -2.18. The lowest BCUT2D eigenvalue weighted by atomic mass is 10.1. The molecule has 0 aliphatic rings. The molecule has 0 bridgehead atoms. The molecule has 0 saturated carbocycles. The number of hydrogen-bond donors (Lipinski definition) is 1. The molecule has 0 spiro atoms. The summed E-state index contributed by atoms with van der Waals surface area (Å²) >= 11 is 0. The van der Waals surface area contributed by atoms with Crippen molar-refractivity contribution in [3.63, 3.8) is 0 Å². The van der Waals surface area contributed by atoms with Crippen LogP contribution in [-0.2, 0) is 6.54 Å². The lowest BCUT2D eigenvalue weighted by molar-refractivity contribution is 0.0776. The third-order valence-electron chi connectivity index (χ3n) is 3.12. The largest absolute Gasteiger partial charge is 0.497 e. The fraction of sp³-hybridized carbons (Fsp3) is 0.267. The van der Waals surface area contributed by atoms with Gasteiger partial charge in [0.05, 0.1) is 38.3 Å². The van der Waals surface area contributed by atoms with Gasteiger partial charge in [-0.1, -0.05) is 0 Å². The van der Waals surface area contributed by atoms with Crippen LogP contribution in [0.2, 0.25) is 0 Å². The van der Waals surface area contributed by atoms with Gasteiger partial charge in [-0.05, 0) is 18.2 Å². The summed E-state index contributed by atoms with van der Waals surface area (Å²) in [5.41, 5.74) is 6.60. The molecular formula is C15H18N2O4. The van der Waals surface area contributed by atoms with Crippen molar-refractivity contribution >= 4 is 11.6 Å². The van der Waals surface area contributed by atoms with Gasteiger partial charge in [-0.15, -0.1) is 0 Å². The first-order valence-corrected chi connectivity index (χ1v) is 6.36. The Balaban J connectivity index is 2.29. The molecule has 0 radical (unpaired) electrons. The average molecular weight is 290 g/mol. The quantitative estimate of drug-likeness (QED) is 0.854. The molecule has 6 heteroatoms. The zero-order valence-electron chi connectivity index (χ0n) is 12.3. The number of nitrogens with two attached hydrogens (primary N) is 1. The van der Waals surface area contributed by atoms with Crippen LogP contribution in [0, 0.1) is 0 Å². The molecule has 112 valence electrons. The van der Waals surface area contributed by atoms with Gasteiger partial charge in [-0.25, -0.2) is 0 Å². The van der Waals surface area contributed by atoms with Gasteiger partial charge in [0, 0.05) is 13.1 Å². The van der Waals surface area contributed by atoms with Crippen LogP contribution >= 0.6 is 0 Å². The van der Waals surface area contributed by atoms with Crippen molar-refractivity contribution in [1.29, 1.82) is 0 Å². The van der Waals surface area contributed by atoms with Gasteiger partial charge in [0.2, 0.25) is 0 Å². The highest BCUT2D eigenvalue weighted by Crippen LogP contribution is 2.31. The average Bonchev–Trinajstić information content (AvgIpc) is 2.99. The van der Waals surface area contributed by atoms with E-state index in [9.17, 15) is 4.79 Å². The first-order chi connectivity index (χ1) is 10.1. The van der Waals surface area contributed by atoms with Crippen LogP contribution in [0.3, 0.4) is 0 Å². The Bertz CT molecular complexity index is 623. The molecule has 6 nitrogen and oxygen atoms in total. The second kappa shape index (κ2) is 6.21. The number of nitrogens with zero attached hydrogens (tertiary/aromatic N) is 1. The van der Waals surface area contributed by atoms with Crippen molar-refractivity contribution in [1.82, 2.24) is 4.90 Å². The van der Waals surface area contributed by atoms with Gasteiger partial charge >= 0.3 is 0 Å². The number of furan rings is 1. The Kier molecular flexibility index (Phi) is 4.37. The molecule has 0 aliphatic heterocycles. The van der Waals surface area contributed by atoms with Crippen molar-refractivity contribution in [3.05, 3.63) is 41.9 Å². The first kappa shape index (κ1) is 14.8. The second-order valence-corrected chi connectivity index (χ2v) is 4.53. The van der Waals surface area contributed by atoms with Crippen molar-refractivity contribution in [3.8, 4) is 11.5 Å². The zero-order valence-corrected chi connectivity index (χ0v) is 12.3. The molecule has 0 aliphatic carbocycles. The molecule has 0 atom stereocenters. The molecule has 2 N–H and O–H groups in total. The number of ether oxygens (including phenoxy) is 2. The summed E-state index contributed by atoms with van der Waals surface area (Å²) in [6, 6.07) is 6.81. The summed E-state index contributed by atoms with van der Waals surface area (Å²) < 4.78 is 15.6. The molecule has 1 aromatic heterocycles. The first-order valence-electron chi connectivity index (χ1n) is 6.36. The monoisotopic (exact) mass is 290 g/mol. The number of nitrogen functional groups attached to an aromatic ring is 1. The van der Waals surface area contributed by atoms with Crippen molar-refractivity contribution < 1.29 is 18.7 Å². The lowest BCUT2D eigenvalue weighted by Crippen LogP contribution is -2.27. The van der Waals surface area contributed by atoms with Crippen LogP contribution in [0.5, 0.6) is 11.5 Å². The summed E-state index contributed by atoms with van der Waals surface area (Å²) in [5, 5.41) is 0. The Morgan fingerprint density at radius 2 is 2.10 bits per heavy atom. The number of hydrogen-bond acceptors (Lipinski definition) is 5. The number of benzene rings is 1. The minimum atomic E-state index is -0.235. The summed E-state index contributed by atoms with van der Waals surface area (Å²) in [4.78, 5) is 14.0. The fourth-order valence-electron chi connectivity index (χ4n) is 1.98. The number of carbonyl (C=O) groups excluding carboxylic acids is 1. The highest BCUT2D eigenvalue weighted by Gasteiger charge is 2.20. The van der Waals surface area contributed by atoms with E-state index in [4.69, 9.17) is 19.6 Å². The van der Waals surface area contributed by atoms with E-state index in [1.165, 1.54) is 19.1 Å². The molecular weight excluding hydrogens is 272 g/mol. The normalized spacial score (nSPS) is 10.2. The van der Waals surface area contributed by atoms with Crippen LogP contribution < -0.4 is 15.2 Å². The maximum atomic E-state index is 12.5. The van der Waals surface area contributed by atoms with Crippen LogP contribution in [-0.4, -0.2) is 32.1 Å². The van der Waals surface area contributed by atoms with Crippen LogP contribution in [0.15, 0.2) is 34.9 Å². The van der Waals surface area contributed by atoms with Crippen molar-refractivity contribution in [2.45, 2.75) is 6.54 Å². The number of methoxy groups -OCH3 is 2.